The van der Waals surface area contributed by atoms with Gasteiger partial charge < -0.3 is 4.57 Å². The summed E-state index contributed by atoms with van der Waals surface area (Å²) in [5, 5.41) is 0. The zero-order valence-electron chi connectivity index (χ0n) is 15.9. The van der Waals surface area contributed by atoms with Crippen LogP contribution in [0.5, 0.6) is 0 Å². The molecular weight excluding hydrogens is 350 g/mol. The number of aryl methyl sites for hydroxylation is 1. The lowest BCUT2D eigenvalue weighted by atomic mass is 9.93. The van der Waals surface area contributed by atoms with E-state index in [9.17, 15) is 8.42 Å². The van der Waals surface area contributed by atoms with E-state index in [2.05, 4.69) is 16.0 Å². The van der Waals surface area contributed by atoms with Crippen LogP contribution in [0.3, 0.4) is 0 Å². The standard InChI is InChI=1S/C18H27N5O2S/c1-14-19-12-18(22(14)4)17-8-7-15(11-20-17)10-16-6-5-9-23(13-16)26(24,25)21(2)3/h7-8,11-12,16H,5-6,9-10,13H2,1-4H3. The fraction of sp³-hybridized carbons (Fsp3) is 0.556. The van der Waals surface area contributed by atoms with Crippen LogP contribution in [0.4, 0.5) is 0 Å². The molecular formula is C18H27N5O2S. The van der Waals surface area contributed by atoms with E-state index in [0.717, 1.165) is 42.0 Å². The van der Waals surface area contributed by atoms with Crippen molar-refractivity contribution in [3.8, 4) is 11.4 Å². The summed E-state index contributed by atoms with van der Waals surface area (Å²) in [6, 6.07) is 4.10. The summed E-state index contributed by atoms with van der Waals surface area (Å²) in [7, 11) is 1.82. The Balaban J connectivity index is 1.68. The summed E-state index contributed by atoms with van der Waals surface area (Å²) >= 11 is 0. The highest BCUT2D eigenvalue weighted by atomic mass is 32.2. The zero-order valence-corrected chi connectivity index (χ0v) is 16.7. The molecule has 8 heteroatoms. The molecule has 0 radical (unpaired) electrons. The Morgan fingerprint density at radius 3 is 2.58 bits per heavy atom. The van der Waals surface area contributed by atoms with Crippen molar-refractivity contribution in [1.29, 1.82) is 0 Å². The van der Waals surface area contributed by atoms with Gasteiger partial charge in [-0.1, -0.05) is 6.07 Å². The summed E-state index contributed by atoms with van der Waals surface area (Å²) in [6.45, 7) is 3.14. The smallest absolute Gasteiger partial charge is 0.281 e. The molecule has 0 saturated carbocycles. The number of hydrogen-bond acceptors (Lipinski definition) is 4. The minimum absolute atomic E-state index is 0.324. The predicted molar refractivity (Wildman–Crippen MR) is 102 cm³/mol. The fourth-order valence-electron chi connectivity index (χ4n) is 3.40. The first-order chi connectivity index (χ1) is 12.3. The first-order valence-corrected chi connectivity index (χ1v) is 10.3. The van der Waals surface area contributed by atoms with Gasteiger partial charge in [-0.15, -0.1) is 0 Å². The Morgan fingerprint density at radius 1 is 1.23 bits per heavy atom. The minimum atomic E-state index is -3.33. The maximum atomic E-state index is 12.4. The lowest BCUT2D eigenvalue weighted by molar-refractivity contribution is 0.254. The Hall–Kier alpha value is -1.77. The third kappa shape index (κ3) is 3.82. The first-order valence-electron chi connectivity index (χ1n) is 8.90. The number of hydrogen-bond donors (Lipinski definition) is 0. The van der Waals surface area contributed by atoms with E-state index in [1.165, 1.54) is 4.31 Å². The van der Waals surface area contributed by atoms with Crippen LogP contribution in [0.25, 0.3) is 11.4 Å². The second-order valence-corrected chi connectivity index (χ2v) is 9.30. The van der Waals surface area contributed by atoms with Gasteiger partial charge in [0.05, 0.1) is 17.6 Å². The molecule has 1 fully saturated rings. The normalized spacial score (nSPS) is 19.2. The maximum Gasteiger partial charge on any atom is 0.281 e. The first kappa shape index (κ1) is 19.0. The van der Waals surface area contributed by atoms with Crippen molar-refractivity contribution in [2.24, 2.45) is 13.0 Å². The van der Waals surface area contributed by atoms with Crippen LogP contribution < -0.4 is 0 Å². The molecule has 26 heavy (non-hydrogen) atoms. The van der Waals surface area contributed by atoms with Gasteiger partial charge in [0.15, 0.2) is 0 Å². The zero-order chi connectivity index (χ0) is 18.9. The van der Waals surface area contributed by atoms with Crippen LogP contribution in [0.1, 0.15) is 24.2 Å². The molecule has 1 aliphatic rings. The summed E-state index contributed by atoms with van der Waals surface area (Å²) in [4.78, 5) is 8.89. The van der Waals surface area contributed by atoms with Gasteiger partial charge >= 0.3 is 0 Å². The predicted octanol–water partition coefficient (Wildman–Crippen LogP) is 1.85. The SMILES string of the molecule is Cc1ncc(-c2ccc(CC3CCCN(S(=O)(=O)N(C)C)C3)cn2)n1C. The van der Waals surface area contributed by atoms with Gasteiger partial charge in [-0.05, 0) is 43.7 Å². The second-order valence-electron chi connectivity index (χ2n) is 7.16. The molecule has 0 spiro atoms. The molecule has 1 aliphatic heterocycles. The van der Waals surface area contributed by atoms with E-state index in [1.807, 2.05) is 37.0 Å². The molecule has 2 aromatic rings. The Kier molecular flexibility index (Phi) is 5.45. The number of aromatic nitrogens is 3. The molecule has 0 aliphatic carbocycles. The summed E-state index contributed by atoms with van der Waals surface area (Å²) in [5.41, 5.74) is 3.04. The number of pyridine rings is 1. The molecule has 0 aromatic carbocycles. The van der Waals surface area contributed by atoms with Crippen LogP contribution >= 0.6 is 0 Å². The van der Waals surface area contributed by atoms with E-state index in [1.54, 1.807) is 18.4 Å². The van der Waals surface area contributed by atoms with Gasteiger partial charge in [0.1, 0.15) is 5.82 Å². The molecule has 3 rings (SSSR count). The van der Waals surface area contributed by atoms with E-state index < -0.39 is 10.2 Å². The van der Waals surface area contributed by atoms with Crippen molar-refractivity contribution in [3.63, 3.8) is 0 Å². The molecule has 0 N–H and O–H groups in total. The molecule has 1 atom stereocenters. The third-order valence-electron chi connectivity index (χ3n) is 5.10. The lowest BCUT2D eigenvalue weighted by Crippen LogP contribution is -2.45. The van der Waals surface area contributed by atoms with Gasteiger partial charge in [-0.3, -0.25) is 4.98 Å². The van der Waals surface area contributed by atoms with Crippen LogP contribution in [-0.2, 0) is 23.7 Å². The number of imidazole rings is 1. The summed E-state index contributed by atoms with van der Waals surface area (Å²) in [6.07, 6.45) is 6.52. The second kappa shape index (κ2) is 7.46. The third-order valence-corrected chi connectivity index (χ3v) is 7.01. The highest BCUT2D eigenvalue weighted by Gasteiger charge is 2.30. The van der Waals surface area contributed by atoms with Crippen molar-refractivity contribution in [2.75, 3.05) is 27.2 Å². The molecule has 2 aromatic heterocycles. The van der Waals surface area contributed by atoms with E-state index in [4.69, 9.17) is 0 Å². The van der Waals surface area contributed by atoms with Gasteiger partial charge in [0.25, 0.3) is 10.2 Å². The average Bonchev–Trinajstić information content (AvgIpc) is 2.95. The Morgan fingerprint density at radius 2 is 2.00 bits per heavy atom. The van der Waals surface area contributed by atoms with Crippen molar-refractivity contribution >= 4 is 10.2 Å². The topological polar surface area (TPSA) is 71.3 Å². The van der Waals surface area contributed by atoms with Gasteiger partial charge in [-0.2, -0.15) is 17.0 Å². The average molecular weight is 378 g/mol. The number of nitrogens with zero attached hydrogens (tertiary/aromatic N) is 5. The monoisotopic (exact) mass is 377 g/mol. The van der Waals surface area contributed by atoms with Crippen molar-refractivity contribution in [1.82, 2.24) is 23.1 Å². The van der Waals surface area contributed by atoms with E-state index in [-0.39, 0.29) is 0 Å². The highest BCUT2D eigenvalue weighted by Crippen LogP contribution is 2.24. The Bertz CT molecular complexity index is 858. The number of rotatable bonds is 5. The van der Waals surface area contributed by atoms with E-state index >= 15 is 0 Å². The van der Waals surface area contributed by atoms with Crippen LogP contribution in [0.15, 0.2) is 24.5 Å². The molecule has 7 nitrogen and oxygen atoms in total. The highest BCUT2D eigenvalue weighted by molar-refractivity contribution is 7.86. The maximum absolute atomic E-state index is 12.4. The lowest BCUT2D eigenvalue weighted by Gasteiger charge is -2.33. The molecule has 0 amide bonds. The summed E-state index contributed by atoms with van der Waals surface area (Å²) < 4.78 is 29.6. The molecule has 142 valence electrons. The van der Waals surface area contributed by atoms with Crippen LogP contribution in [0, 0.1) is 12.8 Å². The van der Waals surface area contributed by atoms with Crippen LogP contribution in [0.2, 0.25) is 0 Å². The largest absolute Gasteiger partial charge is 0.330 e. The van der Waals surface area contributed by atoms with Crippen LogP contribution in [-0.4, -0.2) is 58.7 Å². The molecule has 0 bridgehead atoms. The van der Waals surface area contributed by atoms with E-state index in [0.29, 0.717) is 19.0 Å². The van der Waals surface area contributed by atoms with Crippen molar-refractivity contribution < 1.29 is 8.42 Å². The van der Waals surface area contributed by atoms with Crippen molar-refractivity contribution in [2.45, 2.75) is 26.2 Å². The van der Waals surface area contributed by atoms with Gasteiger partial charge in [0.2, 0.25) is 0 Å². The summed E-state index contributed by atoms with van der Waals surface area (Å²) in [5.74, 6) is 1.28. The molecule has 1 saturated heterocycles. The molecule has 3 heterocycles. The van der Waals surface area contributed by atoms with Gasteiger partial charge in [0, 0.05) is 40.4 Å². The minimum Gasteiger partial charge on any atom is -0.330 e. The van der Waals surface area contributed by atoms with Crippen molar-refractivity contribution in [3.05, 3.63) is 35.9 Å². The quantitative estimate of drug-likeness (QED) is 0.797. The Labute approximate surface area is 155 Å². The fourth-order valence-corrected chi connectivity index (χ4v) is 4.63. The molecule has 1 unspecified atom stereocenters. The number of piperidine rings is 1. The van der Waals surface area contributed by atoms with Gasteiger partial charge in [-0.25, -0.2) is 4.98 Å².